The van der Waals surface area contributed by atoms with Crippen LogP contribution in [-0.2, 0) is 6.61 Å². The van der Waals surface area contributed by atoms with Crippen LogP contribution in [0.4, 0.5) is 0 Å². The normalized spacial score (nSPS) is 29.8. The van der Waals surface area contributed by atoms with Gasteiger partial charge in [-0.25, -0.2) is 0 Å². The summed E-state index contributed by atoms with van der Waals surface area (Å²) in [6, 6.07) is 6.08. The van der Waals surface area contributed by atoms with Gasteiger partial charge in [0.05, 0.1) is 5.56 Å². The summed E-state index contributed by atoms with van der Waals surface area (Å²) < 4.78 is 11.5. The van der Waals surface area contributed by atoms with E-state index in [1.165, 1.54) is 19.3 Å². The highest BCUT2D eigenvalue weighted by Gasteiger charge is 2.51. The van der Waals surface area contributed by atoms with Gasteiger partial charge in [0.1, 0.15) is 18.1 Å². The second-order valence-corrected chi connectivity index (χ2v) is 9.73. The van der Waals surface area contributed by atoms with Gasteiger partial charge in [0.2, 0.25) is 0 Å². The summed E-state index contributed by atoms with van der Waals surface area (Å²) >= 11 is 0. The Kier molecular flexibility index (Phi) is 4.45. The van der Waals surface area contributed by atoms with E-state index in [0.717, 1.165) is 59.5 Å². The fourth-order valence-corrected chi connectivity index (χ4v) is 6.47. The number of ether oxygens (including phenoxy) is 1. The Labute approximate surface area is 172 Å². The molecule has 4 aliphatic rings. The molecule has 1 amide bonds. The lowest BCUT2D eigenvalue weighted by atomic mass is 9.53. The fourth-order valence-electron chi connectivity index (χ4n) is 6.47. The molecule has 154 valence electrons. The quantitative estimate of drug-likeness (QED) is 0.785. The number of benzene rings is 1. The van der Waals surface area contributed by atoms with Crippen molar-refractivity contribution in [1.29, 1.82) is 0 Å². The number of aromatic nitrogens is 1. The maximum atomic E-state index is 13.2. The monoisotopic (exact) mass is 394 g/mol. The van der Waals surface area contributed by atoms with Crippen LogP contribution in [0.15, 0.2) is 22.7 Å². The molecule has 1 N–H and O–H groups in total. The largest absolute Gasteiger partial charge is 0.488 e. The maximum absolute atomic E-state index is 13.2. The van der Waals surface area contributed by atoms with Crippen LogP contribution in [0.3, 0.4) is 0 Å². The Morgan fingerprint density at radius 3 is 2.28 bits per heavy atom. The third-order valence-electron chi connectivity index (χ3n) is 7.39. The molecule has 4 bridgehead atoms. The zero-order valence-corrected chi connectivity index (χ0v) is 17.6. The van der Waals surface area contributed by atoms with Crippen LogP contribution in [0.1, 0.15) is 71.5 Å². The molecular formula is C24H30N2O3. The molecule has 6 rings (SSSR count). The van der Waals surface area contributed by atoms with E-state index in [1.807, 2.05) is 39.0 Å². The van der Waals surface area contributed by atoms with Crippen molar-refractivity contribution in [2.75, 3.05) is 0 Å². The molecule has 0 atom stereocenters. The van der Waals surface area contributed by atoms with Crippen LogP contribution in [0.25, 0.3) is 0 Å². The van der Waals surface area contributed by atoms with E-state index in [-0.39, 0.29) is 18.1 Å². The molecule has 1 heterocycles. The van der Waals surface area contributed by atoms with Gasteiger partial charge in [0.15, 0.2) is 5.69 Å². The first-order valence-corrected chi connectivity index (χ1v) is 10.9. The number of carbonyl (C=O) groups excluding carboxylic acids is 1. The van der Waals surface area contributed by atoms with Crippen molar-refractivity contribution in [2.24, 2.45) is 17.8 Å². The molecule has 5 nitrogen and oxygen atoms in total. The average molecular weight is 395 g/mol. The highest BCUT2D eigenvalue weighted by Crippen LogP contribution is 2.55. The Morgan fingerprint density at radius 2 is 1.69 bits per heavy atom. The van der Waals surface area contributed by atoms with Gasteiger partial charge in [0.25, 0.3) is 5.91 Å². The van der Waals surface area contributed by atoms with Gasteiger partial charge >= 0.3 is 0 Å². The molecule has 5 heteroatoms. The van der Waals surface area contributed by atoms with E-state index >= 15 is 0 Å². The summed E-state index contributed by atoms with van der Waals surface area (Å²) in [7, 11) is 0. The number of aryl methyl sites for hydroxylation is 3. The molecular weight excluding hydrogens is 364 g/mol. The number of para-hydroxylation sites is 1. The fraction of sp³-hybridized carbons (Fsp3) is 0.583. The molecule has 0 saturated heterocycles. The number of hydrogen-bond acceptors (Lipinski definition) is 4. The van der Waals surface area contributed by atoms with Crippen LogP contribution in [0.5, 0.6) is 5.75 Å². The van der Waals surface area contributed by atoms with E-state index in [0.29, 0.717) is 11.5 Å². The summed E-state index contributed by atoms with van der Waals surface area (Å²) in [6.45, 7) is 6.19. The van der Waals surface area contributed by atoms with Crippen molar-refractivity contribution < 1.29 is 14.1 Å². The summed E-state index contributed by atoms with van der Waals surface area (Å²) in [5, 5.41) is 7.50. The first kappa shape index (κ1) is 18.7. The molecule has 0 radical (unpaired) electrons. The smallest absolute Gasteiger partial charge is 0.274 e. The third kappa shape index (κ3) is 3.34. The van der Waals surface area contributed by atoms with Gasteiger partial charge in [-0.15, -0.1) is 0 Å². The molecule has 1 aromatic carbocycles. The van der Waals surface area contributed by atoms with Gasteiger partial charge in [-0.1, -0.05) is 23.4 Å². The molecule has 0 spiro atoms. The van der Waals surface area contributed by atoms with E-state index in [9.17, 15) is 4.79 Å². The lowest BCUT2D eigenvalue weighted by Gasteiger charge is -2.56. The molecule has 29 heavy (non-hydrogen) atoms. The summed E-state index contributed by atoms with van der Waals surface area (Å²) in [5.74, 6) is 3.75. The number of carbonyl (C=O) groups is 1. The third-order valence-corrected chi connectivity index (χ3v) is 7.39. The Bertz CT molecular complexity index is 890. The predicted octanol–water partition coefficient (Wildman–Crippen LogP) is 4.88. The highest BCUT2D eigenvalue weighted by molar-refractivity contribution is 5.94. The van der Waals surface area contributed by atoms with Gasteiger partial charge in [0, 0.05) is 5.54 Å². The van der Waals surface area contributed by atoms with Crippen LogP contribution in [0.2, 0.25) is 0 Å². The lowest BCUT2D eigenvalue weighted by Crippen LogP contribution is -2.60. The highest BCUT2D eigenvalue weighted by atomic mass is 16.5. The van der Waals surface area contributed by atoms with Gasteiger partial charge in [-0.3, -0.25) is 4.79 Å². The Balaban J connectivity index is 1.34. The topological polar surface area (TPSA) is 64.4 Å². The maximum Gasteiger partial charge on any atom is 0.274 e. The summed E-state index contributed by atoms with van der Waals surface area (Å²) in [4.78, 5) is 13.2. The number of rotatable bonds is 5. The molecule has 0 unspecified atom stereocenters. The second-order valence-electron chi connectivity index (χ2n) is 9.73. The molecule has 0 aliphatic heterocycles. The van der Waals surface area contributed by atoms with Gasteiger partial charge in [-0.05, 0) is 88.2 Å². The number of amides is 1. The molecule has 1 aromatic heterocycles. The first-order chi connectivity index (χ1) is 13.9. The molecule has 4 aliphatic carbocycles. The Hall–Kier alpha value is -2.30. The predicted molar refractivity (Wildman–Crippen MR) is 110 cm³/mol. The summed E-state index contributed by atoms with van der Waals surface area (Å²) in [6.07, 6.45) is 7.43. The molecule has 4 saturated carbocycles. The minimum atomic E-state index is -0.107. The van der Waals surface area contributed by atoms with Crippen LogP contribution >= 0.6 is 0 Å². The van der Waals surface area contributed by atoms with Crippen molar-refractivity contribution in [3.05, 3.63) is 46.3 Å². The van der Waals surface area contributed by atoms with E-state index in [4.69, 9.17) is 9.26 Å². The number of nitrogens with zero attached hydrogens (tertiary/aromatic N) is 1. The van der Waals surface area contributed by atoms with Crippen LogP contribution in [-0.4, -0.2) is 16.6 Å². The van der Waals surface area contributed by atoms with Gasteiger partial charge < -0.3 is 14.6 Å². The number of nitrogens with one attached hydrogen (secondary N) is 1. The standard InChI is InChI=1S/C24H30N2O3/c1-14-5-4-6-15(2)22(14)28-13-20-16(3)29-26-21(20)23(27)25-24-10-17-7-18(11-24)9-19(8-17)12-24/h4-6,17-19H,7-13H2,1-3H3,(H,25,27). The SMILES string of the molecule is Cc1cccc(C)c1OCc1c(C(=O)NC23CC4CC(CC(C4)C2)C3)noc1C. The van der Waals surface area contributed by atoms with Crippen molar-refractivity contribution in [2.45, 2.75) is 71.4 Å². The van der Waals surface area contributed by atoms with Crippen molar-refractivity contribution >= 4 is 5.91 Å². The van der Waals surface area contributed by atoms with E-state index in [2.05, 4.69) is 10.5 Å². The minimum absolute atomic E-state index is 0.0383. The average Bonchev–Trinajstić information content (AvgIpc) is 3.00. The zero-order valence-electron chi connectivity index (χ0n) is 17.6. The van der Waals surface area contributed by atoms with Crippen molar-refractivity contribution in [1.82, 2.24) is 10.5 Å². The van der Waals surface area contributed by atoms with Crippen LogP contribution < -0.4 is 10.1 Å². The Morgan fingerprint density at radius 1 is 1.10 bits per heavy atom. The molecule has 2 aromatic rings. The van der Waals surface area contributed by atoms with E-state index < -0.39 is 0 Å². The number of hydrogen-bond donors (Lipinski definition) is 1. The first-order valence-electron chi connectivity index (χ1n) is 10.9. The zero-order chi connectivity index (χ0) is 20.2. The minimum Gasteiger partial charge on any atom is -0.488 e. The van der Waals surface area contributed by atoms with Crippen LogP contribution in [0, 0.1) is 38.5 Å². The van der Waals surface area contributed by atoms with Crippen molar-refractivity contribution in [3.8, 4) is 5.75 Å². The second kappa shape index (κ2) is 6.89. The lowest BCUT2D eigenvalue weighted by molar-refractivity contribution is -0.0168. The summed E-state index contributed by atoms with van der Waals surface area (Å²) in [5.41, 5.74) is 3.25. The molecule has 4 fully saturated rings. The van der Waals surface area contributed by atoms with Crippen molar-refractivity contribution in [3.63, 3.8) is 0 Å². The van der Waals surface area contributed by atoms with Gasteiger partial charge in [-0.2, -0.15) is 0 Å². The van der Waals surface area contributed by atoms with E-state index in [1.54, 1.807) is 0 Å².